The first-order valence-corrected chi connectivity index (χ1v) is 6.55. The number of rotatable bonds is 3. The first kappa shape index (κ1) is 13.9. The molecule has 0 saturated heterocycles. The van der Waals surface area contributed by atoms with Crippen LogP contribution in [0.25, 0.3) is 0 Å². The van der Waals surface area contributed by atoms with Gasteiger partial charge in [0.2, 0.25) is 0 Å². The van der Waals surface area contributed by atoms with Crippen LogP contribution >= 0.6 is 0 Å². The molecule has 0 atom stereocenters. The number of halogens is 3. The third-order valence-electron chi connectivity index (χ3n) is 2.18. The maximum Gasteiger partial charge on any atom is 0.413 e. The molecule has 0 N–H and O–H groups in total. The summed E-state index contributed by atoms with van der Waals surface area (Å²) in [4.78, 5) is -0.416. The van der Waals surface area contributed by atoms with E-state index < -0.39 is 27.8 Å². The van der Waals surface area contributed by atoms with Gasteiger partial charge in [-0.3, -0.25) is 4.18 Å². The van der Waals surface area contributed by atoms with Gasteiger partial charge in [-0.2, -0.15) is 21.6 Å². The lowest BCUT2D eigenvalue weighted by molar-refractivity contribution is -0.152. The van der Waals surface area contributed by atoms with Crippen LogP contribution in [0.1, 0.15) is 0 Å². The van der Waals surface area contributed by atoms with Crippen molar-refractivity contribution in [1.82, 2.24) is 0 Å². The van der Waals surface area contributed by atoms with Crippen molar-refractivity contribution in [3.63, 3.8) is 0 Å². The van der Waals surface area contributed by atoms with Crippen LogP contribution in [-0.2, 0) is 14.3 Å². The number of fused-ring (bicyclic) bond motifs is 1. The van der Waals surface area contributed by atoms with Crippen LogP contribution in [0.3, 0.4) is 0 Å². The molecule has 0 aliphatic carbocycles. The van der Waals surface area contributed by atoms with E-state index in [-0.39, 0.29) is 12.4 Å². The van der Waals surface area contributed by atoms with E-state index in [0.29, 0.717) is 12.4 Å². The van der Waals surface area contributed by atoms with Crippen molar-refractivity contribution < 1.29 is 35.2 Å². The zero-order valence-electron chi connectivity index (χ0n) is 9.44. The number of hydrogen-bond donors (Lipinski definition) is 0. The van der Waals surface area contributed by atoms with Crippen molar-refractivity contribution in [2.75, 3.05) is 19.8 Å². The maximum atomic E-state index is 11.9. The molecule has 0 aromatic heterocycles. The molecule has 0 fully saturated rings. The molecule has 2 rings (SSSR count). The number of hydrogen-bond acceptors (Lipinski definition) is 5. The van der Waals surface area contributed by atoms with E-state index >= 15 is 0 Å². The second kappa shape index (κ2) is 4.89. The molecule has 1 aromatic carbocycles. The summed E-state index contributed by atoms with van der Waals surface area (Å²) in [5.41, 5.74) is 0. The quantitative estimate of drug-likeness (QED) is 0.795. The third-order valence-corrected chi connectivity index (χ3v) is 3.44. The zero-order chi connectivity index (χ0) is 14.1. The second-order valence-electron chi connectivity index (χ2n) is 3.64. The molecule has 1 heterocycles. The van der Waals surface area contributed by atoms with E-state index in [4.69, 9.17) is 9.47 Å². The van der Waals surface area contributed by atoms with E-state index in [2.05, 4.69) is 4.18 Å². The van der Waals surface area contributed by atoms with E-state index in [9.17, 15) is 21.6 Å². The summed E-state index contributed by atoms with van der Waals surface area (Å²) in [5, 5.41) is 0. The highest BCUT2D eigenvalue weighted by atomic mass is 32.2. The molecule has 0 unspecified atom stereocenters. The molecule has 106 valence electrons. The van der Waals surface area contributed by atoms with Crippen molar-refractivity contribution in [1.29, 1.82) is 0 Å². The van der Waals surface area contributed by atoms with E-state index in [1.165, 1.54) is 6.07 Å². The predicted octanol–water partition coefficient (Wildman–Crippen LogP) is 1.73. The Balaban J connectivity index is 2.21. The molecule has 1 aromatic rings. The smallest absolute Gasteiger partial charge is 0.413 e. The summed E-state index contributed by atoms with van der Waals surface area (Å²) >= 11 is 0. The fraction of sp³-hybridized carbons (Fsp3) is 0.400. The van der Waals surface area contributed by atoms with Gasteiger partial charge in [-0.15, -0.1) is 0 Å². The van der Waals surface area contributed by atoms with E-state index in [1.807, 2.05) is 0 Å². The van der Waals surface area contributed by atoms with Crippen molar-refractivity contribution >= 4 is 10.1 Å². The molecule has 9 heteroatoms. The van der Waals surface area contributed by atoms with Crippen LogP contribution in [0, 0.1) is 0 Å². The summed E-state index contributed by atoms with van der Waals surface area (Å²) < 4.78 is 73.1. The molecular weight excluding hydrogens is 289 g/mol. The highest BCUT2D eigenvalue weighted by molar-refractivity contribution is 7.86. The largest absolute Gasteiger partial charge is 0.486 e. The highest BCUT2D eigenvalue weighted by Gasteiger charge is 2.32. The molecule has 5 nitrogen and oxygen atoms in total. The summed E-state index contributed by atoms with van der Waals surface area (Å²) in [5.74, 6) is 0.490. The zero-order valence-corrected chi connectivity index (χ0v) is 10.3. The van der Waals surface area contributed by atoms with Crippen LogP contribution in [0.5, 0.6) is 11.5 Å². The average molecular weight is 298 g/mol. The molecule has 0 spiro atoms. The van der Waals surface area contributed by atoms with Gasteiger partial charge in [0.1, 0.15) is 13.2 Å². The topological polar surface area (TPSA) is 61.8 Å². The average Bonchev–Trinajstić information content (AvgIpc) is 2.35. The number of benzene rings is 1. The molecule has 0 amide bonds. The van der Waals surface area contributed by atoms with Crippen molar-refractivity contribution in [2.24, 2.45) is 0 Å². The number of alkyl halides is 3. The van der Waals surface area contributed by atoms with Gasteiger partial charge in [-0.05, 0) is 12.1 Å². The van der Waals surface area contributed by atoms with Gasteiger partial charge in [-0.1, -0.05) is 0 Å². The van der Waals surface area contributed by atoms with Gasteiger partial charge >= 0.3 is 6.18 Å². The Morgan fingerprint density at radius 3 is 2.42 bits per heavy atom. The Bertz CT molecular complexity index is 567. The summed E-state index contributed by atoms with van der Waals surface area (Å²) in [6.07, 6.45) is -4.72. The lowest BCUT2D eigenvalue weighted by Gasteiger charge is -2.18. The maximum absolute atomic E-state index is 11.9. The van der Waals surface area contributed by atoms with Gasteiger partial charge in [0, 0.05) is 6.07 Å². The standard InChI is InChI=1S/C10H9F3O5S/c11-10(12,13)6-18-19(14,15)7-1-2-8-9(5-7)17-4-3-16-8/h1-2,5H,3-4,6H2. The van der Waals surface area contributed by atoms with Gasteiger partial charge in [0.25, 0.3) is 10.1 Å². The lowest BCUT2D eigenvalue weighted by atomic mass is 10.3. The molecule has 19 heavy (non-hydrogen) atoms. The van der Waals surface area contributed by atoms with Crippen molar-refractivity contribution in [2.45, 2.75) is 11.1 Å². The Morgan fingerprint density at radius 2 is 1.79 bits per heavy atom. The van der Waals surface area contributed by atoms with Gasteiger partial charge in [0.05, 0.1) is 4.90 Å². The van der Waals surface area contributed by atoms with Crippen molar-refractivity contribution in [3.05, 3.63) is 18.2 Å². The number of ether oxygens (including phenoxy) is 2. The SMILES string of the molecule is O=S(=O)(OCC(F)(F)F)c1ccc2c(c1)OCCO2. The minimum absolute atomic E-state index is 0.155. The molecule has 0 bridgehead atoms. The van der Waals surface area contributed by atoms with Gasteiger partial charge in [0.15, 0.2) is 18.1 Å². The van der Waals surface area contributed by atoms with Crippen LogP contribution < -0.4 is 9.47 Å². The van der Waals surface area contributed by atoms with Gasteiger partial charge in [-0.25, -0.2) is 0 Å². The van der Waals surface area contributed by atoms with Crippen LogP contribution in [0.15, 0.2) is 23.1 Å². The first-order valence-electron chi connectivity index (χ1n) is 5.14. The Morgan fingerprint density at radius 1 is 1.16 bits per heavy atom. The molecule has 0 saturated carbocycles. The van der Waals surface area contributed by atoms with Crippen LogP contribution in [0.4, 0.5) is 13.2 Å². The van der Waals surface area contributed by atoms with Crippen LogP contribution in [0.2, 0.25) is 0 Å². The minimum atomic E-state index is -4.72. The molecular formula is C10H9F3O5S. The predicted molar refractivity (Wildman–Crippen MR) is 56.6 cm³/mol. The Kier molecular flexibility index (Phi) is 3.59. The minimum Gasteiger partial charge on any atom is -0.486 e. The van der Waals surface area contributed by atoms with E-state index in [1.54, 1.807) is 0 Å². The molecule has 1 aliphatic rings. The summed E-state index contributed by atoms with van der Waals surface area (Å²) in [6, 6.07) is 3.47. The second-order valence-corrected chi connectivity index (χ2v) is 5.25. The van der Waals surface area contributed by atoms with Crippen molar-refractivity contribution in [3.8, 4) is 11.5 Å². The highest BCUT2D eigenvalue weighted by Crippen LogP contribution is 2.33. The van der Waals surface area contributed by atoms with E-state index in [0.717, 1.165) is 12.1 Å². The van der Waals surface area contributed by atoms with Gasteiger partial charge < -0.3 is 9.47 Å². The fourth-order valence-corrected chi connectivity index (χ4v) is 2.30. The first-order chi connectivity index (χ1) is 8.78. The monoisotopic (exact) mass is 298 g/mol. The molecule has 0 radical (unpaired) electrons. The normalized spacial score (nSPS) is 15.3. The Hall–Kier alpha value is -1.48. The lowest BCUT2D eigenvalue weighted by Crippen LogP contribution is -2.21. The third kappa shape index (κ3) is 3.51. The summed E-state index contributed by atoms with van der Waals surface area (Å²) in [6.45, 7) is -1.31. The molecule has 1 aliphatic heterocycles. The summed E-state index contributed by atoms with van der Waals surface area (Å²) in [7, 11) is -4.48. The Labute approximate surface area is 107 Å². The van der Waals surface area contributed by atoms with Crippen LogP contribution in [-0.4, -0.2) is 34.4 Å². The fourth-order valence-electron chi connectivity index (χ4n) is 1.39.